The Morgan fingerprint density at radius 2 is 1.71 bits per heavy atom. The SMILES string of the molecule is CC[C@H](OC(=O)[C@H]1CC(=O)N(c2c(C)cccc2C)C1)C(=O)c1ccccc1. The maximum Gasteiger partial charge on any atom is 0.312 e. The van der Waals surface area contributed by atoms with Crippen LogP contribution in [0, 0.1) is 19.8 Å². The Morgan fingerprint density at radius 1 is 1.07 bits per heavy atom. The van der Waals surface area contributed by atoms with E-state index in [0.717, 1.165) is 16.8 Å². The third-order valence-electron chi connectivity index (χ3n) is 5.15. The van der Waals surface area contributed by atoms with Crippen molar-refractivity contribution in [2.75, 3.05) is 11.4 Å². The first-order chi connectivity index (χ1) is 13.4. The Morgan fingerprint density at radius 3 is 2.32 bits per heavy atom. The molecule has 1 aliphatic rings. The summed E-state index contributed by atoms with van der Waals surface area (Å²) in [6, 6.07) is 14.7. The molecule has 1 fully saturated rings. The molecule has 1 aliphatic heterocycles. The van der Waals surface area contributed by atoms with Gasteiger partial charge in [-0.2, -0.15) is 0 Å². The van der Waals surface area contributed by atoms with Crippen molar-refractivity contribution in [1.82, 2.24) is 0 Å². The van der Waals surface area contributed by atoms with Gasteiger partial charge in [-0.1, -0.05) is 55.5 Å². The van der Waals surface area contributed by atoms with Crippen molar-refractivity contribution in [1.29, 1.82) is 0 Å². The normalized spacial score (nSPS) is 17.5. The molecule has 0 saturated carbocycles. The molecule has 1 saturated heterocycles. The van der Waals surface area contributed by atoms with Gasteiger partial charge in [0.05, 0.1) is 5.92 Å². The van der Waals surface area contributed by atoms with Gasteiger partial charge in [-0.05, 0) is 31.4 Å². The summed E-state index contributed by atoms with van der Waals surface area (Å²) in [4.78, 5) is 39.5. The number of Topliss-reactive ketones (excluding diaryl/α,β-unsaturated/α-hetero) is 1. The van der Waals surface area contributed by atoms with E-state index in [1.165, 1.54) is 0 Å². The van der Waals surface area contributed by atoms with E-state index in [9.17, 15) is 14.4 Å². The second kappa shape index (κ2) is 8.38. The molecule has 1 amide bonds. The highest BCUT2D eigenvalue weighted by molar-refractivity contribution is 6.02. The molecule has 0 unspecified atom stereocenters. The van der Waals surface area contributed by atoms with Crippen LogP contribution in [0.25, 0.3) is 0 Å². The van der Waals surface area contributed by atoms with E-state index < -0.39 is 18.0 Å². The predicted molar refractivity (Wildman–Crippen MR) is 107 cm³/mol. The summed E-state index contributed by atoms with van der Waals surface area (Å²) < 4.78 is 5.53. The van der Waals surface area contributed by atoms with Crippen molar-refractivity contribution >= 4 is 23.3 Å². The number of ketones is 1. The molecule has 1 heterocycles. The molecule has 0 radical (unpaired) electrons. The number of rotatable bonds is 6. The van der Waals surface area contributed by atoms with Crippen molar-refractivity contribution in [2.24, 2.45) is 5.92 Å². The highest BCUT2D eigenvalue weighted by Gasteiger charge is 2.38. The number of anilines is 1. The first-order valence-corrected chi connectivity index (χ1v) is 9.58. The van der Waals surface area contributed by atoms with E-state index in [0.29, 0.717) is 12.0 Å². The van der Waals surface area contributed by atoms with Crippen molar-refractivity contribution < 1.29 is 19.1 Å². The standard InChI is InChI=1S/C23H25NO4/c1-4-19(22(26)17-11-6-5-7-12-17)28-23(27)18-13-20(25)24(14-18)21-15(2)9-8-10-16(21)3/h5-12,18-19H,4,13-14H2,1-3H3/t18-,19-/m0/s1. The molecule has 0 aliphatic carbocycles. The van der Waals surface area contributed by atoms with Gasteiger partial charge in [0.1, 0.15) is 0 Å². The van der Waals surface area contributed by atoms with Crippen molar-refractivity contribution in [3.05, 3.63) is 65.2 Å². The van der Waals surface area contributed by atoms with Gasteiger partial charge in [0, 0.05) is 24.2 Å². The van der Waals surface area contributed by atoms with Crippen LogP contribution in [0.1, 0.15) is 41.3 Å². The zero-order valence-electron chi connectivity index (χ0n) is 16.5. The Kier molecular flexibility index (Phi) is 5.93. The molecule has 28 heavy (non-hydrogen) atoms. The van der Waals surface area contributed by atoms with E-state index in [1.807, 2.05) is 45.0 Å². The maximum absolute atomic E-state index is 12.7. The minimum absolute atomic E-state index is 0.0956. The Bertz CT molecular complexity index is 870. The summed E-state index contributed by atoms with van der Waals surface area (Å²) in [5, 5.41) is 0. The van der Waals surface area contributed by atoms with Crippen LogP contribution >= 0.6 is 0 Å². The third kappa shape index (κ3) is 3.98. The predicted octanol–water partition coefficient (Wildman–Crippen LogP) is 3.86. The molecule has 0 aromatic heterocycles. The van der Waals surface area contributed by atoms with Crippen LogP contribution in [0.5, 0.6) is 0 Å². The van der Waals surface area contributed by atoms with Crippen molar-refractivity contribution in [2.45, 2.75) is 39.7 Å². The van der Waals surface area contributed by atoms with Gasteiger partial charge >= 0.3 is 5.97 Å². The van der Waals surface area contributed by atoms with E-state index in [2.05, 4.69) is 0 Å². The van der Waals surface area contributed by atoms with Crippen LogP contribution in [-0.2, 0) is 14.3 Å². The lowest BCUT2D eigenvalue weighted by Gasteiger charge is -2.22. The average Bonchev–Trinajstić information content (AvgIpc) is 3.07. The van der Waals surface area contributed by atoms with Crippen LogP contribution in [-0.4, -0.2) is 30.3 Å². The Balaban J connectivity index is 1.71. The van der Waals surface area contributed by atoms with Gasteiger partial charge in [-0.3, -0.25) is 14.4 Å². The average molecular weight is 379 g/mol. The van der Waals surface area contributed by atoms with E-state index >= 15 is 0 Å². The fraction of sp³-hybridized carbons (Fsp3) is 0.348. The second-order valence-corrected chi connectivity index (χ2v) is 7.21. The number of amides is 1. The van der Waals surface area contributed by atoms with Gasteiger partial charge < -0.3 is 9.64 Å². The number of esters is 1. The van der Waals surface area contributed by atoms with Crippen LogP contribution in [0.3, 0.4) is 0 Å². The summed E-state index contributed by atoms with van der Waals surface area (Å²) in [6.45, 7) is 5.99. The van der Waals surface area contributed by atoms with Crippen molar-refractivity contribution in [3.63, 3.8) is 0 Å². The molecule has 3 rings (SSSR count). The fourth-order valence-electron chi connectivity index (χ4n) is 3.66. The monoisotopic (exact) mass is 379 g/mol. The summed E-state index contributed by atoms with van der Waals surface area (Å²) >= 11 is 0. The molecule has 0 spiro atoms. The Hall–Kier alpha value is -2.95. The molecular weight excluding hydrogens is 354 g/mol. The molecule has 146 valence electrons. The van der Waals surface area contributed by atoms with Gasteiger partial charge in [-0.15, -0.1) is 0 Å². The minimum Gasteiger partial charge on any atom is -0.454 e. The highest BCUT2D eigenvalue weighted by Crippen LogP contribution is 2.31. The van der Waals surface area contributed by atoms with Crippen LogP contribution in [0.4, 0.5) is 5.69 Å². The number of carbonyl (C=O) groups excluding carboxylic acids is 3. The summed E-state index contributed by atoms with van der Waals surface area (Å²) in [7, 11) is 0. The molecule has 2 aromatic carbocycles. The number of nitrogens with zero attached hydrogens (tertiary/aromatic N) is 1. The molecule has 5 nitrogen and oxygen atoms in total. The van der Waals surface area contributed by atoms with Gasteiger partial charge in [0.25, 0.3) is 0 Å². The lowest BCUT2D eigenvalue weighted by atomic mass is 10.0. The molecule has 2 atom stereocenters. The minimum atomic E-state index is -0.834. The topological polar surface area (TPSA) is 63.7 Å². The number of carbonyl (C=O) groups is 3. The molecule has 5 heteroatoms. The zero-order valence-corrected chi connectivity index (χ0v) is 16.5. The number of benzene rings is 2. The molecule has 0 N–H and O–H groups in total. The fourth-order valence-corrected chi connectivity index (χ4v) is 3.66. The first kappa shape index (κ1) is 19.8. The van der Waals surface area contributed by atoms with Crippen LogP contribution in [0.2, 0.25) is 0 Å². The zero-order chi connectivity index (χ0) is 20.3. The highest BCUT2D eigenvalue weighted by atomic mass is 16.5. The van der Waals surface area contributed by atoms with Crippen molar-refractivity contribution in [3.8, 4) is 0 Å². The quantitative estimate of drug-likeness (QED) is 0.565. The van der Waals surface area contributed by atoms with Gasteiger partial charge in [-0.25, -0.2) is 0 Å². The molecular formula is C23H25NO4. The Labute approximate surface area is 165 Å². The molecule has 0 bridgehead atoms. The number of ether oxygens (including phenoxy) is 1. The summed E-state index contributed by atoms with van der Waals surface area (Å²) in [5.74, 6) is -1.36. The summed E-state index contributed by atoms with van der Waals surface area (Å²) in [5.41, 5.74) is 3.36. The largest absolute Gasteiger partial charge is 0.454 e. The number of hydrogen-bond donors (Lipinski definition) is 0. The lowest BCUT2D eigenvalue weighted by Crippen LogP contribution is -2.32. The first-order valence-electron chi connectivity index (χ1n) is 9.58. The van der Waals surface area contributed by atoms with E-state index in [-0.39, 0.29) is 24.7 Å². The maximum atomic E-state index is 12.7. The number of hydrogen-bond acceptors (Lipinski definition) is 4. The van der Waals surface area contributed by atoms with E-state index in [4.69, 9.17) is 4.74 Å². The smallest absolute Gasteiger partial charge is 0.312 e. The number of para-hydroxylation sites is 1. The lowest BCUT2D eigenvalue weighted by molar-refractivity contribution is -0.151. The molecule has 2 aromatic rings. The van der Waals surface area contributed by atoms with Gasteiger partial charge in [0.2, 0.25) is 11.7 Å². The van der Waals surface area contributed by atoms with Crippen LogP contribution in [0.15, 0.2) is 48.5 Å². The van der Waals surface area contributed by atoms with E-state index in [1.54, 1.807) is 29.2 Å². The summed E-state index contributed by atoms with van der Waals surface area (Å²) in [6.07, 6.45) is -0.345. The van der Waals surface area contributed by atoms with Gasteiger partial charge in [0.15, 0.2) is 6.10 Å². The third-order valence-corrected chi connectivity index (χ3v) is 5.15. The second-order valence-electron chi connectivity index (χ2n) is 7.21. The number of aryl methyl sites for hydroxylation is 2. The van der Waals surface area contributed by atoms with Crippen LogP contribution < -0.4 is 4.90 Å².